The molecule has 0 saturated carbocycles. The fraction of sp³-hybridized carbons (Fsp3) is 0.100. The zero-order valence-corrected chi connectivity index (χ0v) is 31.8. The Bertz CT molecular complexity index is 175. The summed E-state index contributed by atoms with van der Waals surface area (Å²) in [4.78, 5) is 0. The predicted octanol–water partition coefficient (Wildman–Crippen LogP) is 10.1. The van der Waals surface area contributed by atoms with Gasteiger partial charge < -0.3 is 74.3 Å². The predicted molar refractivity (Wildman–Crippen MR) is 160 cm³/mol. The first kappa shape index (κ1) is 165. The minimum absolute atomic E-state index is 0. The van der Waals surface area contributed by atoms with Crippen LogP contribution in [0.4, 0.5) is 0 Å². The summed E-state index contributed by atoms with van der Waals surface area (Å²) in [5.41, 5.74) is 0. The van der Waals surface area contributed by atoms with E-state index in [4.69, 9.17) is 0 Å². The van der Waals surface area contributed by atoms with Crippen molar-refractivity contribution in [3.05, 3.63) is 123 Å². The SMILES string of the molecule is Br.Br.Br.Cl.Cl.Cl.[C-]1=CC=CC1.[C-]1=CC=CC1.[CH3-].[CH3-].[CH3-].[CH3-].[CH3-].[CH3-].[CH3-].[CH3-].[CH3-].[CH3-].[Zr].[Zr]. The number of hydrogen-bond donors (Lipinski definition) is 0. The summed E-state index contributed by atoms with van der Waals surface area (Å²) in [5.74, 6) is 0. The minimum atomic E-state index is 0. The fourth-order valence-electron chi connectivity index (χ4n) is 0.680. The molecular formula is C20H46Br3Cl3Zr2-12. The van der Waals surface area contributed by atoms with Gasteiger partial charge in [0, 0.05) is 52.4 Å². The standard InChI is InChI=1S/2C5H5.10CH3.3BrH.3ClH.2Zr/c2*1-2-4-5-3-1;;;;;;;;;;;;;;;;;;/h2*1-3H,4H2;10*1H3;6*1H;;/q12*-1;;;;;;;;. The van der Waals surface area contributed by atoms with E-state index in [2.05, 4.69) is 24.3 Å². The maximum absolute atomic E-state index is 2.99. The molecule has 0 amide bonds. The van der Waals surface area contributed by atoms with Gasteiger partial charge in [-0.3, -0.25) is 12.2 Å². The summed E-state index contributed by atoms with van der Waals surface area (Å²) >= 11 is 0. The van der Waals surface area contributed by atoms with Crippen molar-refractivity contribution in [1.29, 1.82) is 0 Å². The van der Waals surface area contributed by atoms with Gasteiger partial charge in [-0.15, -0.1) is 101 Å². The molecule has 0 aromatic rings. The van der Waals surface area contributed by atoms with Crippen molar-refractivity contribution < 1.29 is 52.4 Å². The van der Waals surface area contributed by atoms with Crippen LogP contribution in [0, 0.1) is 86.4 Å². The third-order valence-corrected chi connectivity index (χ3v) is 1.17. The van der Waals surface area contributed by atoms with Crippen LogP contribution in [0.2, 0.25) is 0 Å². The van der Waals surface area contributed by atoms with Crippen LogP contribution in [0.15, 0.2) is 36.5 Å². The van der Waals surface area contributed by atoms with Crippen molar-refractivity contribution >= 4 is 88.2 Å². The van der Waals surface area contributed by atoms with Crippen molar-refractivity contribution in [3.63, 3.8) is 0 Å². The summed E-state index contributed by atoms with van der Waals surface area (Å²) < 4.78 is 0. The molecular weight excluding hydrogens is 769 g/mol. The zero-order valence-electron chi connectivity index (χ0n) is 19.3. The molecule has 0 saturated heterocycles. The second kappa shape index (κ2) is 149. The first-order valence-corrected chi connectivity index (χ1v) is 3.43. The quantitative estimate of drug-likeness (QED) is 0.214. The molecule has 0 atom stereocenters. The van der Waals surface area contributed by atoms with Crippen molar-refractivity contribution in [3.8, 4) is 0 Å². The maximum Gasteiger partial charge on any atom is 0 e. The summed E-state index contributed by atoms with van der Waals surface area (Å²) in [6.07, 6.45) is 20.0. The minimum Gasteiger partial charge on any atom is -0.358 e. The van der Waals surface area contributed by atoms with Crippen LogP contribution in [0.3, 0.4) is 0 Å². The monoisotopic (exact) mass is 808 g/mol. The van der Waals surface area contributed by atoms with Crippen LogP contribution in [0.1, 0.15) is 12.8 Å². The fourth-order valence-corrected chi connectivity index (χ4v) is 0.680. The Hall–Kier alpha value is 3.04. The van der Waals surface area contributed by atoms with E-state index in [0.29, 0.717) is 0 Å². The molecule has 0 heterocycles. The van der Waals surface area contributed by atoms with Gasteiger partial charge in [0.25, 0.3) is 0 Å². The smallest absolute Gasteiger partial charge is 0 e. The van der Waals surface area contributed by atoms with E-state index in [1.54, 1.807) is 0 Å². The van der Waals surface area contributed by atoms with Gasteiger partial charge in [0.2, 0.25) is 0 Å². The van der Waals surface area contributed by atoms with Gasteiger partial charge in [-0.05, 0) is 0 Å². The van der Waals surface area contributed by atoms with Crippen LogP contribution in [-0.4, -0.2) is 0 Å². The van der Waals surface area contributed by atoms with Gasteiger partial charge in [0.1, 0.15) is 0 Å². The third-order valence-electron chi connectivity index (χ3n) is 1.17. The maximum atomic E-state index is 2.99. The Morgan fingerprint density at radius 1 is 0.429 bits per heavy atom. The molecule has 2 aliphatic rings. The van der Waals surface area contributed by atoms with Crippen LogP contribution in [0.5, 0.6) is 0 Å². The normalized spacial score (nSPS) is 6.29. The number of halogens is 6. The summed E-state index contributed by atoms with van der Waals surface area (Å²) in [6, 6.07) is 0. The largest absolute Gasteiger partial charge is 0.358 e. The van der Waals surface area contributed by atoms with Gasteiger partial charge in [-0.2, -0.15) is 12.2 Å². The van der Waals surface area contributed by atoms with Gasteiger partial charge in [0.05, 0.1) is 0 Å². The molecule has 0 aliphatic heterocycles. The van der Waals surface area contributed by atoms with E-state index >= 15 is 0 Å². The van der Waals surface area contributed by atoms with E-state index in [-0.39, 0.29) is 215 Å². The van der Waals surface area contributed by atoms with Crippen LogP contribution in [0.25, 0.3) is 0 Å². The molecule has 8 heteroatoms. The first-order chi connectivity index (χ1) is 5.00. The number of hydrogen-bond acceptors (Lipinski definition) is 0. The number of rotatable bonds is 0. The van der Waals surface area contributed by atoms with E-state index in [1.165, 1.54) is 0 Å². The van der Waals surface area contributed by atoms with Crippen molar-refractivity contribution in [2.45, 2.75) is 12.8 Å². The molecule has 0 unspecified atom stereocenters. The van der Waals surface area contributed by atoms with E-state index in [0.717, 1.165) is 12.8 Å². The molecule has 0 fully saturated rings. The van der Waals surface area contributed by atoms with E-state index in [9.17, 15) is 0 Å². The van der Waals surface area contributed by atoms with Crippen LogP contribution >= 0.6 is 88.2 Å². The molecule has 0 aromatic heterocycles. The second-order valence-electron chi connectivity index (χ2n) is 2.01. The summed E-state index contributed by atoms with van der Waals surface area (Å²) in [5, 5.41) is 0. The summed E-state index contributed by atoms with van der Waals surface area (Å²) in [7, 11) is 0. The van der Waals surface area contributed by atoms with E-state index < -0.39 is 0 Å². The average Bonchev–Trinajstić information content (AvgIpc) is 2.67. The molecule has 28 heavy (non-hydrogen) atoms. The molecule has 0 radical (unpaired) electrons. The Morgan fingerprint density at radius 2 is 0.607 bits per heavy atom. The molecule has 2 aliphatic carbocycles. The van der Waals surface area contributed by atoms with E-state index in [1.807, 2.05) is 24.3 Å². The van der Waals surface area contributed by atoms with Gasteiger partial charge >= 0.3 is 0 Å². The van der Waals surface area contributed by atoms with Gasteiger partial charge in [-0.25, -0.2) is 24.3 Å². The molecule has 188 valence electrons. The molecule has 0 spiro atoms. The Balaban J connectivity index is -0.00000000272. The molecule has 2 rings (SSSR count). The van der Waals surface area contributed by atoms with Crippen molar-refractivity contribution in [2.24, 2.45) is 0 Å². The van der Waals surface area contributed by atoms with Gasteiger partial charge in [-0.1, -0.05) is 0 Å². The first-order valence-electron chi connectivity index (χ1n) is 3.43. The molecule has 0 bridgehead atoms. The molecule has 0 N–H and O–H groups in total. The average molecular weight is 815 g/mol. The van der Waals surface area contributed by atoms with Gasteiger partial charge in [0.15, 0.2) is 0 Å². The third kappa shape index (κ3) is 134. The van der Waals surface area contributed by atoms with Crippen molar-refractivity contribution in [1.82, 2.24) is 0 Å². The summed E-state index contributed by atoms with van der Waals surface area (Å²) in [6.45, 7) is 0. The topological polar surface area (TPSA) is 0 Å². The second-order valence-corrected chi connectivity index (χ2v) is 2.01. The Morgan fingerprint density at radius 3 is 0.643 bits per heavy atom. The van der Waals surface area contributed by atoms with Crippen molar-refractivity contribution in [2.75, 3.05) is 0 Å². The Labute approximate surface area is 272 Å². The molecule has 0 aromatic carbocycles. The Kier molecular flexibility index (Phi) is 877. The van der Waals surface area contributed by atoms with Crippen LogP contribution in [-0.2, 0) is 52.4 Å². The van der Waals surface area contributed by atoms with Crippen LogP contribution < -0.4 is 0 Å². The molecule has 0 nitrogen and oxygen atoms in total. The number of allylic oxidation sites excluding steroid dienone is 8. The zero-order chi connectivity index (χ0) is 7.07.